The minimum atomic E-state index is -0.399. The number of nitrogens with zero attached hydrogens (tertiary/aromatic N) is 2. The van der Waals surface area contributed by atoms with Crippen LogP contribution in [0.1, 0.15) is 20.8 Å². The van der Waals surface area contributed by atoms with Crippen molar-refractivity contribution in [3.8, 4) is 17.1 Å². The highest BCUT2D eigenvalue weighted by Gasteiger charge is 2.24. The van der Waals surface area contributed by atoms with Gasteiger partial charge in [0.05, 0.1) is 24.7 Å². The molecular weight excluding hydrogens is 300 g/mol. The summed E-state index contributed by atoms with van der Waals surface area (Å²) in [6, 6.07) is 15.7. The van der Waals surface area contributed by atoms with Gasteiger partial charge in [-0.05, 0) is 12.1 Å². The molecule has 1 heterocycles. The average Bonchev–Trinajstić information content (AvgIpc) is 2.92. The number of carbonyl (C=O) groups excluding carboxylic acids is 1. The number of benzene rings is 2. The van der Waals surface area contributed by atoms with Gasteiger partial charge in [-0.2, -0.15) is 0 Å². The van der Waals surface area contributed by atoms with Gasteiger partial charge in [0, 0.05) is 17.0 Å². The van der Waals surface area contributed by atoms with Crippen molar-refractivity contribution in [3.05, 3.63) is 48.5 Å². The van der Waals surface area contributed by atoms with Gasteiger partial charge in [-0.3, -0.25) is 4.79 Å². The predicted molar refractivity (Wildman–Crippen MR) is 96.2 cm³/mol. The van der Waals surface area contributed by atoms with Crippen LogP contribution in [0.4, 0.5) is 0 Å². The van der Waals surface area contributed by atoms with Crippen LogP contribution >= 0.6 is 0 Å². The van der Waals surface area contributed by atoms with Gasteiger partial charge in [0.25, 0.3) is 0 Å². The number of rotatable bonds is 4. The fraction of sp³-hybridized carbons (Fsp3) is 0.300. The second-order valence-corrected chi connectivity index (χ2v) is 6.92. The van der Waals surface area contributed by atoms with E-state index < -0.39 is 5.41 Å². The molecular formula is C20H22N2O2. The first kappa shape index (κ1) is 16.2. The van der Waals surface area contributed by atoms with Crippen LogP contribution in [-0.4, -0.2) is 22.4 Å². The van der Waals surface area contributed by atoms with E-state index >= 15 is 0 Å². The maximum absolute atomic E-state index is 12.6. The topological polar surface area (TPSA) is 44.1 Å². The van der Waals surface area contributed by atoms with E-state index in [9.17, 15) is 4.79 Å². The van der Waals surface area contributed by atoms with Crippen molar-refractivity contribution in [1.29, 1.82) is 0 Å². The van der Waals surface area contributed by atoms with Gasteiger partial charge < -0.3 is 9.30 Å². The van der Waals surface area contributed by atoms with Crippen molar-refractivity contribution in [1.82, 2.24) is 9.55 Å². The Morgan fingerprint density at radius 3 is 2.46 bits per heavy atom. The second kappa shape index (κ2) is 6.11. The molecule has 3 aromatic rings. The highest BCUT2D eigenvalue weighted by molar-refractivity contribution is 5.88. The Bertz CT molecular complexity index is 874. The van der Waals surface area contributed by atoms with E-state index in [1.165, 1.54) is 0 Å². The number of methoxy groups -OCH3 is 1. The normalized spacial score (nSPS) is 11.7. The zero-order valence-corrected chi connectivity index (χ0v) is 14.5. The first-order chi connectivity index (χ1) is 11.4. The highest BCUT2D eigenvalue weighted by Crippen LogP contribution is 2.29. The number of imidazole rings is 1. The van der Waals surface area contributed by atoms with Crippen LogP contribution in [0.5, 0.6) is 5.75 Å². The molecule has 0 N–H and O–H groups in total. The molecule has 0 aliphatic carbocycles. The lowest BCUT2D eigenvalue weighted by molar-refractivity contribution is -0.126. The van der Waals surface area contributed by atoms with Crippen molar-refractivity contribution in [3.63, 3.8) is 0 Å². The Labute approximate surface area is 142 Å². The molecule has 0 radical (unpaired) electrons. The number of ketones is 1. The zero-order valence-electron chi connectivity index (χ0n) is 14.5. The first-order valence-corrected chi connectivity index (χ1v) is 8.03. The van der Waals surface area contributed by atoms with Crippen LogP contribution in [0.25, 0.3) is 22.4 Å². The third-order valence-corrected chi connectivity index (χ3v) is 4.13. The third kappa shape index (κ3) is 3.04. The van der Waals surface area contributed by atoms with E-state index in [-0.39, 0.29) is 12.3 Å². The van der Waals surface area contributed by atoms with Gasteiger partial charge in [0.2, 0.25) is 0 Å². The number of hydrogen-bond acceptors (Lipinski definition) is 3. The number of fused-ring (bicyclic) bond motifs is 1. The number of ether oxygens (including phenoxy) is 1. The molecule has 0 saturated heterocycles. The van der Waals surface area contributed by atoms with E-state index in [4.69, 9.17) is 9.72 Å². The summed E-state index contributed by atoms with van der Waals surface area (Å²) < 4.78 is 7.33. The van der Waals surface area contributed by atoms with Gasteiger partial charge >= 0.3 is 0 Å². The number of carbonyl (C=O) groups is 1. The van der Waals surface area contributed by atoms with Crippen molar-refractivity contribution >= 4 is 16.8 Å². The van der Waals surface area contributed by atoms with E-state index in [1.807, 2.05) is 73.9 Å². The summed E-state index contributed by atoms with van der Waals surface area (Å²) >= 11 is 0. The smallest absolute Gasteiger partial charge is 0.157 e. The Morgan fingerprint density at radius 1 is 1.12 bits per heavy atom. The largest absolute Gasteiger partial charge is 0.497 e. The van der Waals surface area contributed by atoms with Crippen LogP contribution in [0.2, 0.25) is 0 Å². The summed E-state index contributed by atoms with van der Waals surface area (Å²) in [5.41, 5.74) is 2.36. The summed E-state index contributed by atoms with van der Waals surface area (Å²) in [4.78, 5) is 17.4. The van der Waals surface area contributed by atoms with Crippen LogP contribution in [-0.2, 0) is 11.3 Å². The molecule has 3 rings (SSSR count). The van der Waals surface area contributed by atoms with Crippen molar-refractivity contribution < 1.29 is 9.53 Å². The molecule has 0 bridgehead atoms. The van der Waals surface area contributed by atoms with Gasteiger partial charge in [0.1, 0.15) is 11.6 Å². The highest BCUT2D eigenvalue weighted by atomic mass is 16.5. The summed E-state index contributed by atoms with van der Waals surface area (Å²) in [6.45, 7) is 6.11. The van der Waals surface area contributed by atoms with Crippen molar-refractivity contribution in [2.45, 2.75) is 27.3 Å². The molecule has 0 atom stereocenters. The molecule has 4 nitrogen and oxygen atoms in total. The molecule has 0 aliphatic rings. The average molecular weight is 322 g/mol. The summed E-state index contributed by atoms with van der Waals surface area (Å²) in [7, 11) is 1.64. The molecule has 0 saturated carbocycles. The molecule has 0 fully saturated rings. The summed E-state index contributed by atoms with van der Waals surface area (Å²) in [6.07, 6.45) is 0. The fourth-order valence-corrected chi connectivity index (χ4v) is 2.58. The van der Waals surface area contributed by atoms with Gasteiger partial charge in [-0.15, -0.1) is 0 Å². The van der Waals surface area contributed by atoms with Crippen LogP contribution in [0, 0.1) is 5.41 Å². The third-order valence-electron chi connectivity index (χ3n) is 4.13. The van der Waals surface area contributed by atoms with Crippen LogP contribution in [0.3, 0.4) is 0 Å². The van der Waals surface area contributed by atoms with Gasteiger partial charge in [-0.25, -0.2) is 4.98 Å². The van der Waals surface area contributed by atoms with Crippen molar-refractivity contribution in [2.24, 2.45) is 5.41 Å². The lowest BCUT2D eigenvalue weighted by atomic mass is 9.91. The fourth-order valence-electron chi connectivity index (χ4n) is 2.58. The first-order valence-electron chi connectivity index (χ1n) is 8.03. The molecule has 4 heteroatoms. The molecule has 0 amide bonds. The number of aromatic nitrogens is 2. The molecule has 2 aromatic carbocycles. The predicted octanol–water partition coefficient (Wildman–Crippen LogP) is 4.33. The Morgan fingerprint density at radius 2 is 1.83 bits per heavy atom. The second-order valence-electron chi connectivity index (χ2n) is 6.92. The van der Waals surface area contributed by atoms with E-state index in [1.54, 1.807) is 7.11 Å². The Hall–Kier alpha value is -2.62. The quantitative estimate of drug-likeness (QED) is 0.718. The number of hydrogen-bond donors (Lipinski definition) is 0. The Balaban J connectivity index is 2.19. The van der Waals surface area contributed by atoms with Gasteiger partial charge in [0.15, 0.2) is 5.78 Å². The molecule has 0 aliphatic heterocycles. The monoisotopic (exact) mass is 322 g/mol. The molecule has 0 unspecified atom stereocenters. The minimum Gasteiger partial charge on any atom is -0.497 e. The van der Waals surface area contributed by atoms with Crippen LogP contribution < -0.4 is 4.74 Å². The van der Waals surface area contributed by atoms with Crippen LogP contribution in [0.15, 0.2) is 48.5 Å². The maximum Gasteiger partial charge on any atom is 0.157 e. The minimum absolute atomic E-state index is 0.168. The lowest BCUT2D eigenvalue weighted by Gasteiger charge is -2.18. The lowest BCUT2D eigenvalue weighted by Crippen LogP contribution is -2.25. The SMILES string of the molecule is COc1ccc2nc(-c3ccccc3)n(CC(=O)C(C)(C)C)c2c1. The molecule has 1 aromatic heterocycles. The Kier molecular flexibility index (Phi) is 4.14. The zero-order chi connectivity index (χ0) is 17.3. The number of Topliss-reactive ketones (excluding diaryl/α,β-unsaturated/α-hetero) is 1. The summed E-state index contributed by atoms with van der Waals surface area (Å²) in [5.74, 6) is 1.73. The molecule has 0 spiro atoms. The standard InChI is InChI=1S/C20H22N2O2/c1-20(2,3)18(23)13-22-17-12-15(24-4)10-11-16(17)21-19(22)14-8-6-5-7-9-14/h5-12H,13H2,1-4H3. The molecule has 124 valence electrons. The van der Waals surface area contributed by atoms with Gasteiger partial charge in [-0.1, -0.05) is 51.1 Å². The maximum atomic E-state index is 12.6. The molecule has 24 heavy (non-hydrogen) atoms. The van der Waals surface area contributed by atoms with E-state index in [0.717, 1.165) is 28.2 Å². The van der Waals surface area contributed by atoms with E-state index in [0.29, 0.717) is 0 Å². The van der Waals surface area contributed by atoms with E-state index in [2.05, 4.69) is 0 Å². The van der Waals surface area contributed by atoms with Crippen molar-refractivity contribution in [2.75, 3.05) is 7.11 Å². The summed E-state index contributed by atoms with van der Waals surface area (Å²) in [5, 5.41) is 0.